The van der Waals surface area contributed by atoms with Gasteiger partial charge in [0.25, 0.3) is 5.91 Å². The van der Waals surface area contributed by atoms with Crippen LogP contribution in [0.2, 0.25) is 0 Å². The number of hydrogen-bond donors (Lipinski definition) is 0. The highest BCUT2D eigenvalue weighted by Crippen LogP contribution is 2.29. The van der Waals surface area contributed by atoms with Gasteiger partial charge in [-0.1, -0.05) is 18.2 Å². The van der Waals surface area contributed by atoms with Crippen molar-refractivity contribution in [2.45, 2.75) is 25.4 Å². The first-order chi connectivity index (χ1) is 11.1. The molecule has 0 heterocycles. The van der Waals surface area contributed by atoms with Crippen molar-refractivity contribution in [3.05, 3.63) is 63.5 Å². The Hall–Kier alpha value is -1.63. The summed E-state index contributed by atoms with van der Waals surface area (Å²) in [6, 6.07) is 14.3. The predicted molar refractivity (Wildman–Crippen MR) is 94.6 cm³/mol. The van der Waals surface area contributed by atoms with Gasteiger partial charge in [-0.15, -0.1) is 0 Å². The van der Waals surface area contributed by atoms with E-state index in [1.165, 1.54) is 6.07 Å². The largest absolute Gasteiger partial charge is 0.484 e. The maximum absolute atomic E-state index is 13.8. The van der Waals surface area contributed by atoms with Gasteiger partial charge in [0.2, 0.25) is 0 Å². The lowest BCUT2D eigenvalue weighted by molar-refractivity contribution is -0.134. The smallest absolute Gasteiger partial charge is 0.261 e. The Kier molecular flexibility index (Phi) is 5.15. The molecular formula is C18H17FINO2. The lowest BCUT2D eigenvalue weighted by Crippen LogP contribution is -2.36. The van der Waals surface area contributed by atoms with E-state index in [1.54, 1.807) is 23.1 Å². The second-order valence-corrected chi connectivity index (χ2v) is 6.83. The van der Waals surface area contributed by atoms with Crippen LogP contribution in [0, 0.1) is 9.39 Å². The first-order valence-electron chi connectivity index (χ1n) is 7.55. The van der Waals surface area contributed by atoms with Gasteiger partial charge in [-0.25, -0.2) is 4.39 Å². The molecule has 3 nitrogen and oxygen atoms in total. The van der Waals surface area contributed by atoms with Gasteiger partial charge < -0.3 is 9.64 Å². The molecule has 0 atom stereocenters. The third kappa shape index (κ3) is 4.43. The van der Waals surface area contributed by atoms with Gasteiger partial charge in [-0.2, -0.15) is 0 Å². The monoisotopic (exact) mass is 425 g/mol. The Morgan fingerprint density at radius 2 is 1.87 bits per heavy atom. The van der Waals surface area contributed by atoms with E-state index < -0.39 is 0 Å². The molecule has 3 rings (SSSR count). The minimum atomic E-state index is -0.274. The number of nitrogens with zero attached hydrogens (tertiary/aromatic N) is 1. The molecule has 0 radical (unpaired) electrons. The minimum absolute atomic E-state index is 0.0223. The second-order valence-electron chi connectivity index (χ2n) is 5.59. The quantitative estimate of drug-likeness (QED) is 0.655. The van der Waals surface area contributed by atoms with Crippen molar-refractivity contribution in [2.75, 3.05) is 6.61 Å². The van der Waals surface area contributed by atoms with Crippen molar-refractivity contribution in [3.63, 3.8) is 0 Å². The molecule has 1 amide bonds. The summed E-state index contributed by atoms with van der Waals surface area (Å²) in [5, 5.41) is 0. The number of hydrogen-bond acceptors (Lipinski definition) is 2. The van der Waals surface area contributed by atoms with E-state index in [2.05, 4.69) is 22.6 Å². The summed E-state index contributed by atoms with van der Waals surface area (Å²) in [5.74, 6) is 0.291. The molecule has 1 aliphatic carbocycles. The van der Waals surface area contributed by atoms with E-state index in [9.17, 15) is 9.18 Å². The fraction of sp³-hybridized carbons (Fsp3) is 0.278. The van der Waals surface area contributed by atoms with Crippen LogP contribution < -0.4 is 4.74 Å². The van der Waals surface area contributed by atoms with Gasteiger partial charge in [0, 0.05) is 21.7 Å². The normalized spacial score (nSPS) is 13.7. The van der Waals surface area contributed by atoms with Crippen molar-refractivity contribution in [3.8, 4) is 5.75 Å². The zero-order chi connectivity index (χ0) is 16.2. The summed E-state index contributed by atoms with van der Waals surface area (Å²) in [7, 11) is 0. The Morgan fingerprint density at radius 3 is 2.52 bits per heavy atom. The second kappa shape index (κ2) is 7.29. The summed E-state index contributed by atoms with van der Waals surface area (Å²) in [6.45, 7) is 0.276. The number of halogens is 2. The summed E-state index contributed by atoms with van der Waals surface area (Å²) >= 11 is 2.22. The Labute approximate surface area is 148 Å². The van der Waals surface area contributed by atoms with E-state index in [-0.39, 0.29) is 24.4 Å². The summed E-state index contributed by atoms with van der Waals surface area (Å²) in [6.07, 6.45) is 1.95. The highest BCUT2D eigenvalue weighted by atomic mass is 127. The standard InChI is InChI=1S/C18H17FINO2/c19-17-4-2-1-3-13(17)11-21(15-7-8-15)18(22)12-23-16-9-5-14(20)6-10-16/h1-6,9-10,15H,7-8,11-12H2. The number of benzene rings is 2. The van der Waals surface area contributed by atoms with Gasteiger partial charge >= 0.3 is 0 Å². The molecule has 0 aliphatic heterocycles. The molecule has 0 bridgehead atoms. The molecule has 0 N–H and O–H groups in total. The maximum Gasteiger partial charge on any atom is 0.261 e. The van der Waals surface area contributed by atoms with Crippen LogP contribution in [0.3, 0.4) is 0 Å². The molecule has 120 valence electrons. The summed E-state index contributed by atoms with van der Waals surface area (Å²) in [5.41, 5.74) is 0.544. The molecule has 0 aromatic heterocycles. The first kappa shape index (κ1) is 16.2. The number of amides is 1. The van der Waals surface area contributed by atoms with Crippen LogP contribution in [0.4, 0.5) is 4.39 Å². The minimum Gasteiger partial charge on any atom is -0.484 e. The average molecular weight is 425 g/mol. The van der Waals surface area contributed by atoms with Gasteiger partial charge in [-0.05, 0) is 65.8 Å². The van der Waals surface area contributed by atoms with Crippen LogP contribution in [0.25, 0.3) is 0 Å². The van der Waals surface area contributed by atoms with E-state index in [0.29, 0.717) is 17.9 Å². The summed E-state index contributed by atoms with van der Waals surface area (Å²) in [4.78, 5) is 14.2. The van der Waals surface area contributed by atoms with Crippen molar-refractivity contribution in [1.29, 1.82) is 0 Å². The van der Waals surface area contributed by atoms with Crippen LogP contribution >= 0.6 is 22.6 Å². The van der Waals surface area contributed by atoms with Gasteiger partial charge in [0.15, 0.2) is 6.61 Å². The van der Waals surface area contributed by atoms with Crippen molar-refractivity contribution in [1.82, 2.24) is 4.90 Å². The molecule has 5 heteroatoms. The number of ether oxygens (including phenoxy) is 1. The zero-order valence-electron chi connectivity index (χ0n) is 12.5. The average Bonchev–Trinajstić information content (AvgIpc) is 3.38. The molecule has 0 unspecified atom stereocenters. The molecule has 23 heavy (non-hydrogen) atoms. The first-order valence-corrected chi connectivity index (χ1v) is 8.62. The van der Waals surface area contributed by atoms with Crippen molar-refractivity contribution < 1.29 is 13.9 Å². The topological polar surface area (TPSA) is 29.5 Å². The lowest BCUT2D eigenvalue weighted by Gasteiger charge is -2.23. The van der Waals surface area contributed by atoms with E-state index in [4.69, 9.17) is 4.74 Å². The zero-order valence-corrected chi connectivity index (χ0v) is 14.7. The molecule has 0 saturated heterocycles. The predicted octanol–water partition coefficient (Wildman–Crippen LogP) is 4.00. The fourth-order valence-electron chi connectivity index (χ4n) is 2.38. The van der Waals surface area contributed by atoms with Crippen LogP contribution in [0.1, 0.15) is 18.4 Å². The molecule has 1 saturated carbocycles. The third-order valence-electron chi connectivity index (χ3n) is 3.78. The highest BCUT2D eigenvalue weighted by molar-refractivity contribution is 14.1. The molecule has 1 fully saturated rings. The maximum atomic E-state index is 13.8. The Morgan fingerprint density at radius 1 is 1.17 bits per heavy atom. The molecular weight excluding hydrogens is 408 g/mol. The van der Waals surface area contributed by atoms with E-state index >= 15 is 0 Å². The number of rotatable bonds is 6. The number of carbonyl (C=O) groups excluding carboxylic acids is 1. The lowest BCUT2D eigenvalue weighted by atomic mass is 10.2. The van der Waals surface area contributed by atoms with Crippen molar-refractivity contribution >= 4 is 28.5 Å². The SMILES string of the molecule is O=C(COc1ccc(I)cc1)N(Cc1ccccc1F)C1CC1. The van der Waals surface area contributed by atoms with Crippen LogP contribution in [-0.2, 0) is 11.3 Å². The molecule has 2 aromatic carbocycles. The highest BCUT2D eigenvalue weighted by Gasteiger charge is 2.33. The van der Waals surface area contributed by atoms with E-state index in [1.807, 2.05) is 24.3 Å². The molecule has 0 spiro atoms. The van der Waals surface area contributed by atoms with Crippen LogP contribution in [0.15, 0.2) is 48.5 Å². The van der Waals surface area contributed by atoms with Gasteiger partial charge in [0.05, 0.1) is 0 Å². The Balaban J connectivity index is 1.63. The number of carbonyl (C=O) groups is 1. The van der Waals surface area contributed by atoms with E-state index in [0.717, 1.165) is 16.4 Å². The Bertz CT molecular complexity index is 686. The van der Waals surface area contributed by atoms with Crippen molar-refractivity contribution in [2.24, 2.45) is 0 Å². The van der Waals surface area contributed by atoms with Gasteiger partial charge in [-0.3, -0.25) is 4.79 Å². The fourth-order valence-corrected chi connectivity index (χ4v) is 2.74. The molecule has 1 aliphatic rings. The van der Waals surface area contributed by atoms with Crippen LogP contribution in [-0.4, -0.2) is 23.5 Å². The third-order valence-corrected chi connectivity index (χ3v) is 4.50. The molecule has 2 aromatic rings. The summed E-state index contributed by atoms with van der Waals surface area (Å²) < 4.78 is 20.5. The van der Waals surface area contributed by atoms with Crippen LogP contribution in [0.5, 0.6) is 5.75 Å². The van der Waals surface area contributed by atoms with Gasteiger partial charge in [0.1, 0.15) is 11.6 Å².